The molecule has 7 heteroatoms. The molecule has 2 aromatic heterocycles. The van der Waals surface area contributed by atoms with Gasteiger partial charge in [-0.15, -0.1) is 11.3 Å². The summed E-state index contributed by atoms with van der Waals surface area (Å²) in [6, 6.07) is 3.15. The first-order chi connectivity index (χ1) is 11.6. The van der Waals surface area contributed by atoms with E-state index in [0.29, 0.717) is 9.90 Å². The summed E-state index contributed by atoms with van der Waals surface area (Å²) >= 11 is 7.39. The van der Waals surface area contributed by atoms with Gasteiger partial charge in [-0.05, 0) is 38.3 Å². The number of carbonyl (C=O) groups excluding carboxylic acids is 2. The van der Waals surface area contributed by atoms with Gasteiger partial charge >= 0.3 is 0 Å². The van der Waals surface area contributed by atoms with Crippen LogP contribution in [0.15, 0.2) is 24.5 Å². The highest BCUT2D eigenvalue weighted by molar-refractivity contribution is 7.19. The molecule has 0 bridgehead atoms. The molecule has 128 valence electrons. The molecule has 0 aromatic carbocycles. The number of amides is 2. The van der Waals surface area contributed by atoms with Gasteiger partial charge in [-0.3, -0.25) is 9.59 Å². The Morgan fingerprint density at radius 2 is 2.00 bits per heavy atom. The zero-order valence-corrected chi connectivity index (χ0v) is 15.0. The number of halogens is 1. The lowest BCUT2D eigenvalue weighted by Crippen LogP contribution is -2.48. The molecule has 0 radical (unpaired) electrons. The maximum Gasteiger partial charge on any atom is 0.254 e. The molecule has 2 aromatic rings. The van der Waals surface area contributed by atoms with Crippen molar-refractivity contribution in [2.24, 2.45) is 0 Å². The molecule has 1 unspecified atom stereocenters. The standard InChI is InChI=1S/C17H20ClN3O2S/c1-11(17(23)21-7-3-2-4-8-21)20-16(22)13-10-19-9-12(13)14-5-6-15(18)24-14/h5-6,9-11,19H,2-4,7-8H2,1H3,(H,20,22). The molecule has 2 amide bonds. The summed E-state index contributed by atoms with van der Waals surface area (Å²) in [6.07, 6.45) is 6.66. The maximum atomic E-state index is 12.6. The molecule has 5 nitrogen and oxygen atoms in total. The van der Waals surface area contributed by atoms with E-state index in [1.165, 1.54) is 17.8 Å². The van der Waals surface area contributed by atoms with Crippen LogP contribution in [0.2, 0.25) is 4.34 Å². The van der Waals surface area contributed by atoms with Crippen LogP contribution >= 0.6 is 22.9 Å². The fraction of sp³-hybridized carbons (Fsp3) is 0.412. The third-order valence-corrected chi connectivity index (χ3v) is 5.48. The van der Waals surface area contributed by atoms with Gasteiger partial charge in [-0.1, -0.05) is 11.6 Å². The van der Waals surface area contributed by atoms with Crippen LogP contribution < -0.4 is 5.32 Å². The van der Waals surface area contributed by atoms with Crippen molar-refractivity contribution in [1.29, 1.82) is 0 Å². The van der Waals surface area contributed by atoms with E-state index in [1.54, 1.807) is 25.4 Å². The van der Waals surface area contributed by atoms with Gasteiger partial charge in [0.05, 0.1) is 9.90 Å². The fourth-order valence-electron chi connectivity index (χ4n) is 2.94. The third kappa shape index (κ3) is 3.65. The quantitative estimate of drug-likeness (QED) is 0.870. The molecule has 0 saturated carbocycles. The Morgan fingerprint density at radius 1 is 1.25 bits per heavy atom. The lowest BCUT2D eigenvalue weighted by molar-refractivity contribution is -0.133. The van der Waals surface area contributed by atoms with E-state index >= 15 is 0 Å². The molecule has 1 saturated heterocycles. The van der Waals surface area contributed by atoms with Crippen LogP contribution in [0.25, 0.3) is 10.4 Å². The van der Waals surface area contributed by atoms with Crippen LogP contribution in [0.5, 0.6) is 0 Å². The van der Waals surface area contributed by atoms with Crippen molar-refractivity contribution in [2.75, 3.05) is 13.1 Å². The molecular weight excluding hydrogens is 346 g/mol. The van der Waals surface area contributed by atoms with Crippen molar-refractivity contribution >= 4 is 34.8 Å². The smallest absolute Gasteiger partial charge is 0.254 e. The molecule has 1 atom stereocenters. The van der Waals surface area contributed by atoms with E-state index in [9.17, 15) is 9.59 Å². The Kier molecular flexibility index (Phi) is 5.26. The average Bonchev–Trinajstić information content (AvgIpc) is 3.23. The van der Waals surface area contributed by atoms with E-state index < -0.39 is 6.04 Å². The van der Waals surface area contributed by atoms with E-state index in [1.807, 2.05) is 11.0 Å². The minimum Gasteiger partial charge on any atom is -0.366 e. The second-order valence-corrected chi connectivity index (χ2v) is 7.68. The highest BCUT2D eigenvalue weighted by Gasteiger charge is 2.25. The fourth-order valence-corrected chi connectivity index (χ4v) is 4.01. The molecular formula is C17H20ClN3O2S. The lowest BCUT2D eigenvalue weighted by atomic mass is 10.1. The Morgan fingerprint density at radius 3 is 2.67 bits per heavy atom. The number of aromatic nitrogens is 1. The van der Waals surface area contributed by atoms with Gasteiger partial charge in [0.15, 0.2) is 0 Å². The molecule has 1 aliphatic rings. The van der Waals surface area contributed by atoms with E-state index in [4.69, 9.17) is 11.6 Å². The molecule has 0 aliphatic carbocycles. The second kappa shape index (κ2) is 7.40. The molecule has 2 N–H and O–H groups in total. The molecule has 3 heterocycles. The Hall–Kier alpha value is -1.79. The number of nitrogens with zero attached hydrogens (tertiary/aromatic N) is 1. The normalized spacial score (nSPS) is 16.0. The minimum atomic E-state index is -0.537. The highest BCUT2D eigenvalue weighted by Crippen LogP contribution is 2.33. The van der Waals surface area contributed by atoms with Crippen molar-refractivity contribution in [2.45, 2.75) is 32.2 Å². The Balaban J connectivity index is 1.69. The maximum absolute atomic E-state index is 12.6. The number of hydrogen-bond acceptors (Lipinski definition) is 3. The topological polar surface area (TPSA) is 65.2 Å². The largest absolute Gasteiger partial charge is 0.366 e. The first-order valence-corrected chi connectivity index (χ1v) is 9.28. The predicted octanol–water partition coefficient (Wildman–Crippen LogP) is 3.53. The number of thiophene rings is 1. The van der Waals surface area contributed by atoms with Crippen molar-refractivity contribution < 1.29 is 9.59 Å². The van der Waals surface area contributed by atoms with Crippen molar-refractivity contribution in [3.8, 4) is 10.4 Å². The average molecular weight is 366 g/mol. The van der Waals surface area contributed by atoms with Crippen molar-refractivity contribution in [3.05, 3.63) is 34.4 Å². The van der Waals surface area contributed by atoms with E-state index in [2.05, 4.69) is 10.3 Å². The number of piperidine rings is 1. The zero-order valence-electron chi connectivity index (χ0n) is 13.5. The van der Waals surface area contributed by atoms with Gasteiger partial charge in [0.2, 0.25) is 5.91 Å². The first kappa shape index (κ1) is 17.0. The molecule has 1 fully saturated rings. The Bertz CT molecular complexity index is 734. The van der Waals surface area contributed by atoms with Gasteiger partial charge < -0.3 is 15.2 Å². The third-order valence-electron chi connectivity index (χ3n) is 4.21. The number of rotatable bonds is 4. The monoisotopic (exact) mass is 365 g/mol. The van der Waals surface area contributed by atoms with E-state index in [-0.39, 0.29) is 11.8 Å². The predicted molar refractivity (Wildman–Crippen MR) is 96.5 cm³/mol. The van der Waals surface area contributed by atoms with Gasteiger partial charge in [-0.2, -0.15) is 0 Å². The van der Waals surface area contributed by atoms with Gasteiger partial charge in [-0.25, -0.2) is 0 Å². The summed E-state index contributed by atoms with van der Waals surface area (Å²) in [5.41, 5.74) is 1.31. The minimum absolute atomic E-state index is 0.0145. The van der Waals surface area contributed by atoms with Crippen LogP contribution in [0.3, 0.4) is 0 Å². The van der Waals surface area contributed by atoms with Crippen LogP contribution in [-0.4, -0.2) is 40.8 Å². The van der Waals surface area contributed by atoms with Crippen LogP contribution in [0.4, 0.5) is 0 Å². The lowest BCUT2D eigenvalue weighted by Gasteiger charge is -2.29. The van der Waals surface area contributed by atoms with Crippen LogP contribution in [0.1, 0.15) is 36.5 Å². The number of nitrogens with one attached hydrogen (secondary N) is 2. The number of likely N-dealkylation sites (tertiary alicyclic amines) is 1. The summed E-state index contributed by atoms with van der Waals surface area (Å²) < 4.78 is 0.672. The van der Waals surface area contributed by atoms with Crippen molar-refractivity contribution in [1.82, 2.24) is 15.2 Å². The van der Waals surface area contributed by atoms with Crippen molar-refractivity contribution in [3.63, 3.8) is 0 Å². The summed E-state index contributed by atoms with van der Waals surface area (Å²) in [5.74, 6) is -0.270. The number of carbonyl (C=O) groups is 2. The second-order valence-electron chi connectivity index (χ2n) is 5.97. The van der Waals surface area contributed by atoms with Gasteiger partial charge in [0.25, 0.3) is 5.91 Å². The SMILES string of the molecule is CC(NC(=O)c1c[nH]cc1-c1ccc(Cl)s1)C(=O)N1CCCCC1. The molecule has 3 rings (SSSR count). The summed E-state index contributed by atoms with van der Waals surface area (Å²) in [7, 11) is 0. The molecule has 24 heavy (non-hydrogen) atoms. The Labute approximate surface area is 150 Å². The van der Waals surface area contributed by atoms with Gasteiger partial charge in [0, 0.05) is 35.9 Å². The van der Waals surface area contributed by atoms with Crippen LogP contribution in [0, 0.1) is 0 Å². The van der Waals surface area contributed by atoms with Gasteiger partial charge in [0.1, 0.15) is 6.04 Å². The van der Waals surface area contributed by atoms with E-state index in [0.717, 1.165) is 36.4 Å². The number of H-pyrrole nitrogens is 1. The molecule has 0 spiro atoms. The molecule has 1 aliphatic heterocycles. The highest BCUT2D eigenvalue weighted by atomic mass is 35.5. The summed E-state index contributed by atoms with van der Waals surface area (Å²) in [6.45, 7) is 3.30. The number of aromatic amines is 1. The van der Waals surface area contributed by atoms with Crippen LogP contribution in [-0.2, 0) is 4.79 Å². The summed E-state index contributed by atoms with van der Waals surface area (Å²) in [4.78, 5) is 30.7. The summed E-state index contributed by atoms with van der Waals surface area (Å²) in [5, 5.41) is 2.82. The zero-order chi connectivity index (χ0) is 17.1. The first-order valence-electron chi connectivity index (χ1n) is 8.08. The number of hydrogen-bond donors (Lipinski definition) is 2.